The lowest BCUT2D eigenvalue weighted by Gasteiger charge is -2.27. The lowest BCUT2D eigenvalue weighted by atomic mass is 10.0. The minimum absolute atomic E-state index is 0.110. The number of ether oxygens (including phenoxy) is 1. The fraction of sp³-hybridized carbons (Fsp3) is 0.278. The summed E-state index contributed by atoms with van der Waals surface area (Å²) in [5.74, 6) is -0.811. The van der Waals surface area contributed by atoms with Crippen LogP contribution in [0.4, 0.5) is 0 Å². The molecule has 1 amide bonds. The van der Waals surface area contributed by atoms with Gasteiger partial charge in [-0.3, -0.25) is 9.78 Å². The van der Waals surface area contributed by atoms with Crippen molar-refractivity contribution < 1.29 is 19.4 Å². The number of carboxylic acid groups (broad SMARTS) is 1. The first-order valence-electron chi connectivity index (χ1n) is 7.72. The molecule has 0 saturated heterocycles. The number of aromatic nitrogens is 1. The number of hydrogen-bond acceptors (Lipinski definition) is 4. The van der Waals surface area contributed by atoms with Crippen LogP contribution in [0.3, 0.4) is 0 Å². The average molecular weight is 326 g/mol. The van der Waals surface area contributed by atoms with Crippen LogP contribution in [0.15, 0.2) is 42.6 Å². The van der Waals surface area contributed by atoms with Crippen molar-refractivity contribution in [3.05, 3.63) is 59.4 Å². The topological polar surface area (TPSA) is 79.7 Å². The third kappa shape index (κ3) is 3.22. The van der Waals surface area contributed by atoms with Crippen molar-refractivity contribution in [2.24, 2.45) is 0 Å². The van der Waals surface area contributed by atoms with Gasteiger partial charge in [-0.1, -0.05) is 24.3 Å². The summed E-state index contributed by atoms with van der Waals surface area (Å²) >= 11 is 0. The minimum atomic E-state index is -1.07. The van der Waals surface area contributed by atoms with Gasteiger partial charge in [0.1, 0.15) is 12.4 Å². The molecule has 1 aromatic heterocycles. The predicted octanol–water partition coefficient (Wildman–Crippen LogP) is 1.98. The van der Waals surface area contributed by atoms with E-state index in [1.807, 2.05) is 19.1 Å². The molecule has 6 nitrogen and oxygen atoms in total. The monoisotopic (exact) mass is 326 g/mol. The number of pyridine rings is 1. The number of rotatable bonds is 3. The Balaban J connectivity index is 1.89. The van der Waals surface area contributed by atoms with Crippen molar-refractivity contribution in [1.29, 1.82) is 0 Å². The SMILES string of the molecule is Cc1ccc(CC(=O)N2CCOc3ccccc3C2C(=O)O)cn1. The van der Waals surface area contributed by atoms with Crippen LogP contribution >= 0.6 is 0 Å². The quantitative estimate of drug-likeness (QED) is 0.933. The summed E-state index contributed by atoms with van der Waals surface area (Å²) in [6, 6.07) is 9.56. The van der Waals surface area contributed by atoms with Crippen molar-refractivity contribution in [3.63, 3.8) is 0 Å². The van der Waals surface area contributed by atoms with Crippen LogP contribution in [0, 0.1) is 6.92 Å². The van der Waals surface area contributed by atoms with Crippen LogP contribution in [0.2, 0.25) is 0 Å². The first kappa shape index (κ1) is 16.0. The Bertz CT molecular complexity index is 758. The zero-order chi connectivity index (χ0) is 17.1. The molecule has 0 aliphatic carbocycles. The second-order valence-electron chi connectivity index (χ2n) is 5.70. The van der Waals surface area contributed by atoms with Crippen LogP contribution in [-0.4, -0.2) is 40.0 Å². The Morgan fingerprint density at radius 2 is 2.08 bits per heavy atom. The number of amides is 1. The lowest BCUT2D eigenvalue weighted by Crippen LogP contribution is -2.40. The zero-order valence-corrected chi connectivity index (χ0v) is 13.3. The Labute approximate surface area is 139 Å². The van der Waals surface area contributed by atoms with E-state index in [-0.39, 0.29) is 25.5 Å². The summed E-state index contributed by atoms with van der Waals surface area (Å²) in [4.78, 5) is 30.1. The number of fused-ring (bicyclic) bond motifs is 1. The number of nitrogens with zero attached hydrogens (tertiary/aromatic N) is 2. The Hall–Kier alpha value is -2.89. The van der Waals surface area contributed by atoms with Gasteiger partial charge in [0.25, 0.3) is 0 Å². The van der Waals surface area contributed by atoms with Crippen LogP contribution in [0.25, 0.3) is 0 Å². The molecule has 24 heavy (non-hydrogen) atoms. The normalized spacial score (nSPS) is 16.7. The van der Waals surface area contributed by atoms with Gasteiger partial charge in [0.2, 0.25) is 5.91 Å². The summed E-state index contributed by atoms with van der Waals surface area (Å²) in [7, 11) is 0. The first-order chi connectivity index (χ1) is 11.6. The van der Waals surface area contributed by atoms with E-state index in [1.165, 1.54) is 4.90 Å². The van der Waals surface area contributed by atoms with Gasteiger partial charge in [-0.2, -0.15) is 0 Å². The van der Waals surface area contributed by atoms with Gasteiger partial charge in [0.15, 0.2) is 6.04 Å². The predicted molar refractivity (Wildman–Crippen MR) is 86.7 cm³/mol. The maximum absolute atomic E-state index is 12.7. The number of para-hydroxylation sites is 1. The second kappa shape index (κ2) is 6.70. The van der Waals surface area contributed by atoms with Crippen LogP contribution in [-0.2, 0) is 16.0 Å². The maximum atomic E-state index is 12.7. The second-order valence-corrected chi connectivity index (χ2v) is 5.70. The molecule has 0 spiro atoms. The lowest BCUT2D eigenvalue weighted by molar-refractivity contribution is -0.150. The van der Waals surface area contributed by atoms with Crippen LogP contribution in [0.5, 0.6) is 5.75 Å². The van der Waals surface area contributed by atoms with E-state index in [2.05, 4.69) is 4.98 Å². The molecule has 0 radical (unpaired) electrons. The molecule has 0 fully saturated rings. The van der Waals surface area contributed by atoms with Crippen LogP contribution < -0.4 is 4.74 Å². The van der Waals surface area contributed by atoms with Crippen molar-refractivity contribution in [2.75, 3.05) is 13.2 Å². The molecule has 6 heteroatoms. The van der Waals surface area contributed by atoms with E-state index >= 15 is 0 Å². The van der Waals surface area contributed by atoms with Gasteiger partial charge in [0.05, 0.1) is 13.0 Å². The van der Waals surface area contributed by atoms with Crippen molar-refractivity contribution in [2.45, 2.75) is 19.4 Å². The highest BCUT2D eigenvalue weighted by molar-refractivity contribution is 5.86. The standard InChI is InChI=1S/C18H18N2O4/c1-12-6-7-13(11-19-12)10-16(21)20-8-9-24-15-5-3-2-4-14(15)17(20)18(22)23/h2-7,11,17H,8-10H2,1H3,(H,22,23). The summed E-state index contributed by atoms with van der Waals surface area (Å²) in [5.41, 5.74) is 2.12. The molecule has 1 aliphatic heterocycles. The third-order valence-corrected chi connectivity index (χ3v) is 4.00. The Morgan fingerprint density at radius 3 is 2.79 bits per heavy atom. The minimum Gasteiger partial charge on any atom is -0.491 e. The fourth-order valence-electron chi connectivity index (χ4n) is 2.80. The highest BCUT2D eigenvalue weighted by Gasteiger charge is 2.35. The first-order valence-corrected chi connectivity index (χ1v) is 7.72. The smallest absolute Gasteiger partial charge is 0.331 e. The third-order valence-electron chi connectivity index (χ3n) is 4.00. The summed E-state index contributed by atoms with van der Waals surface area (Å²) in [6.07, 6.45) is 1.75. The van der Waals surface area contributed by atoms with Gasteiger partial charge in [-0.15, -0.1) is 0 Å². The molecular formula is C18H18N2O4. The Morgan fingerprint density at radius 1 is 1.29 bits per heavy atom. The molecule has 1 atom stereocenters. The van der Waals surface area contributed by atoms with E-state index in [4.69, 9.17) is 4.74 Å². The molecule has 2 heterocycles. The van der Waals surface area contributed by atoms with Crippen LogP contribution in [0.1, 0.15) is 22.9 Å². The van der Waals surface area contributed by atoms with Gasteiger partial charge >= 0.3 is 5.97 Å². The van der Waals surface area contributed by atoms with Gasteiger partial charge in [0, 0.05) is 17.5 Å². The highest BCUT2D eigenvalue weighted by Crippen LogP contribution is 2.32. The highest BCUT2D eigenvalue weighted by atomic mass is 16.5. The van der Waals surface area contributed by atoms with E-state index in [1.54, 1.807) is 30.5 Å². The van der Waals surface area contributed by atoms with Crippen molar-refractivity contribution in [1.82, 2.24) is 9.88 Å². The van der Waals surface area contributed by atoms with E-state index in [0.29, 0.717) is 11.3 Å². The number of hydrogen-bond donors (Lipinski definition) is 1. The number of aliphatic carboxylic acids is 1. The molecule has 1 unspecified atom stereocenters. The molecular weight excluding hydrogens is 308 g/mol. The zero-order valence-electron chi connectivity index (χ0n) is 13.3. The average Bonchev–Trinajstić information content (AvgIpc) is 2.76. The van der Waals surface area contributed by atoms with Gasteiger partial charge in [-0.25, -0.2) is 4.79 Å². The van der Waals surface area contributed by atoms with Crippen molar-refractivity contribution in [3.8, 4) is 5.75 Å². The maximum Gasteiger partial charge on any atom is 0.331 e. The van der Waals surface area contributed by atoms with E-state index in [0.717, 1.165) is 11.3 Å². The molecule has 1 aromatic carbocycles. The molecule has 0 bridgehead atoms. The largest absolute Gasteiger partial charge is 0.491 e. The molecule has 124 valence electrons. The van der Waals surface area contributed by atoms with Gasteiger partial charge in [-0.05, 0) is 24.6 Å². The number of carbonyl (C=O) groups is 2. The van der Waals surface area contributed by atoms with Gasteiger partial charge < -0.3 is 14.7 Å². The summed E-state index contributed by atoms with van der Waals surface area (Å²) in [5, 5.41) is 9.67. The number of carboxylic acids is 1. The Kier molecular flexibility index (Phi) is 4.46. The summed E-state index contributed by atoms with van der Waals surface area (Å²) < 4.78 is 5.61. The number of carbonyl (C=O) groups excluding carboxylic acids is 1. The number of aryl methyl sites for hydroxylation is 1. The molecule has 0 saturated carbocycles. The van der Waals surface area contributed by atoms with Crippen molar-refractivity contribution >= 4 is 11.9 Å². The molecule has 3 rings (SSSR count). The molecule has 2 aromatic rings. The summed E-state index contributed by atoms with van der Waals surface area (Å²) in [6.45, 7) is 2.36. The molecule has 1 N–H and O–H groups in total. The molecule has 1 aliphatic rings. The number of benzene rings is 1. The fourth-order valence-corrected chi connectivity index (χ4v) is 2.80. The van der Waals surface area contributed by atoms with E-state index < -0.39 is 12.0 Å². The van der Waals surface area contributed by atoms with E-state index in [9.17, 15) is 14.7 Å².